The first-order valence-corrected chi connectivity index (χ1v) is 21.3. The predicted octanol–water partition coefficient (Wildman–Crippen LogP) is 14.2. The van der Waals surface area contributed by atoms with Crippen molar-refractivity contribution in [1.29, 1.82) is 0 Å². The van der Waals surface area contributed by atoms with Gasteiger partial charge in [-0.2, -0.15) is 0 Å². The molecule has 0 unspecified atom stereocenters. The normalized spacial score (nSPS) is 14.7. The highest BCUT2D eigenvalue weighted by Gasteiger charge is 2.52. The number of nitrogens with zero attached hydrogens (tertiary/aromatic N) is 3. The molecule has 0 aliphatic heterocycles. The van der Waals surface area contributed by atoms with Gasteiger partial charge in [0.2, 0.25) is 0 Å². The molecule has 61 heavy (non-hydrogen) atoms. The molecular weight excluding hydrogens is 739 g/mol. The zero-order chi connectivity index (χ0) is 40.2. The van der Waals surface area contributed by atoms with Gasteiger partial charge in [-0.05, 0) is 78.4 Å². The van der Waals surface area contributed by atoms with Crippen LogP contribution in [0.1, 0.15) is 47.4 Å². The lowest BCUT2D eigenvalue weighted by Crippen LogP contribution is -2.25. The highest BCUT2D eigenvalue weighted by Crippen LogP contribution is 2.64. The van der Waals surface area contributed by atoms with Gasteiger partial charge < -0.3 is 0 Å². The van der Waals surface area contributed by atoms with Gasteiger partial charge in [-0.3, -0.25) is 4.57 Å². The Morgan fingerprint density at radius 1 is 0.393 bits per heavy atom. The predicted molar refractivity (Wildman–Crippen MR) is 251 cm³/mol. The summed E-state index contributed by atoms with van der Waals surface area (Å²) < 4.78 is 2.45. The van der Waals surface area contributed by atoms with Crippen molar-refractivity contribution in [3.05, 3.63) is 222 Å². The molecule has 3 heteroatoms. The molecule has 0 atom stereocenters. The topological polar surface area (TPSA) is 30.7 Å². The minimum atomic E-state index is -0.475. The Labute approximate surface area is 353 Å². The Kier molecular flexibility index (Phi) is 6.30. The summed E-state index contributed by atoms with van der Waals surface area (Å²) in [6.07, 6.45) is 0. The minimum absolute atomic E-state index is 0.351. The molecule has 0 N–H and O–H groups in total. The van der Waals surface area contributed by atoms with Crippen LogP contribution >= 0.6 is 0 Å². The van der Waals surface area contributed by atoms with E-state index in [0.717, 1.165) is 45.1 Å². The molecule has 0 radical (unpaired) electrons. The maximum absolute atomic E-state index is 5.97. The third-order valence-electron chi connectivity index (χ3n) is 14.3. The fourth-order valence-corrected chi connectivity index (χ4v) is 11.8. The van der Waals surface area contributed by atoms with Gasteiger partial charge in [0, 0.05) is 32.7 Å². The Bertz CT molecular complexity index is 3710. The average Bonchev–Trinajstić information content (AvgIpc) is 3.98. The second-order valence-corrected chi connectivity index (χ2v) is 17.6. The van der Waals surface area contributed by atoms with E-state index < -0.39 is 5.41 Å². The van der Waals surface area contributed by atoms with Crippen LogP contribution in [0.5, 0.6) is 0 Å². The molecule has 14 rings (SSSR count). The fourth-order valence-electron chi connectivity index (χ4n) is 11.8. The molecule has 9 aromatic carbocycles. The van der Waals surface area contributed by atoms with Gasteiger partial charge in [0.05, 0.1) is 27.8 Å². The summed E-state index contributed by atoms with van der Waals surface area (Å²) >= 11 is 0. The zero-order valence-electron chi connectivity index (χ0n) is 33.7. The smallest absolute Gasteiger partial charge is 0.165 e. The summed E-state index contributed by atoms with van der Waals surface area (Å²) in [6.45, 7) is 4.62. The van der Waals surface area contributed by atoms with Crippen molar-refractivity contribution in [3.63, 3.8) is 0 Å². The highest BCUT2D eigenvalue weighted by molar-refractivity contribution is 6.21. The van der Waals surface area contributed by atoms with Gasteiger partial charge in [-0.1, -0.05) is 190 Å². The van der Waals surface area contributed by atoms with Crippen LogP contribution in [0.15, 0.2) is 188 Å². The number of hydrogen-bond acceptors (Lipinski definition) is 2. The number of hydrogen-bond donors (Lipinski definition) is 0. The first kappa shape index (κ1) is 33.2. The highest BCUT2D eigenvalue weighted by atomic mass is 15.1. The number of rotatable bonds is 2. The number of benzene rings is 9. The van der Waals surface area contributed by atoms with Crippen molar-refractivity contribution in [1.82, 2.24) is 14.5 Å². The van der Waals surface area contributed by atoms with E-state index >= 15 is 0 Å². The molecule has 2 aromatic heterocycles. The third-order valence-corrected chi connectivity index (χ3v) is 14.3. The van der Waals surface area contributed by atoms with E-state index in [1.54, 1.807) is 0 Å². The fraction of sp³-hybridized carbons (Fsp3) is 0.0690. The quantitative estimate of drug-likeness (QED) is 0.175. The first-order chi connectivity index (χ1) is 30.0. The first-order valence-electron chi connectivity index (χ1n) is 21.3. The summed E-state index contributed by atoms with van der Waals surface area (Å²) in [5.74, 6) is 0.844. The van der Waals surface area contributed by atoms with Crippen molar-refractivity contribution in [2.24, 2.45) is 0 Å². The lowest BCUT2D eigenvalue weighted by Gasteiger charge is -2.30. The van der Waals surface area contributed by atoms with E-state index in [9.17, 15) is 0 Å². The summed E-state index contributed by atoms with van der Waals surface area (Å²) in [7, 11) is 0. The van der Waals surface area contributed by atoms with Gasteiger partial charge >= 0.3 is 0 Å². The molecule has 0 saturated heterocycles. The van der Waals surface area contributed by atoms with E-state index in [-0.39, 0.29) is 5.41 Å². The molecule has 0 saturated carbocycles. The minimum Gasteiger partial charge on any atom is -0.291 e. The molecule has 2 heterocycles. The van der Waals surface area contributed by atoms with Crippen molar-refractivity contribution in [2.75, 3.05) is 0 Å². The Morgan fingerprint density at radius 3 is 1.69 bits per heavy atom. The summed E-state index contributed by atoms with van der Waals surface area (Å²) in [4.78, 5) is 11.9. The van der Waals surface area contributed by atoms with Gasteiger partial charge in [0.15, 0.2) is 5.82 Å². The summed E-state index contributed by atoms with van der Waals surface area (Å²) in [6, 6.07) is 69.7. The Balaban J connectivity index is 1.17. The van der Waals surface area contributed by atoms with E-state index in [4.69, 9.17) is 9.97 Å². The van der Waals surface area contributed by atoms with Crippen LogP contribution in [0.25, 0.3) is 93.9 Å². The molecule has 3 nitrogen and oxygen atoms in total. The molecule has 0 bridgehead atoms. The van der Waals surface area contributed by atoms with E-state index in [0.29, 0.717) is 0 Å². The van der Waals surface area contributed by atoms with Gasteiger partial charge in [0.25, 0.3) is 0 Å². The van der Waals surface area contributed by atoms with Crippen molar-refractivity contribution in [2.45, 2.75) is 24.7 Å². The number of fused-ring (bicyclic) bond motifs is 19. The maximum Gasteiger partial charge on any atom is 0.165 e. The second kappa shape index (κ2) is 11.6. The molecule has 11 aromatic rings. The summed E-state index contributed by atoms with van der Waals surface area (Å²) in [5.41, 5.74) is 18.1. The second-order valence-electron chi connectivity index (χ2n) is 17.6. The molecule has 0 fully saturated rings. The standard InChI is InChI=1S/C58H37N3/c1-57(2)45-25-11-10-23-42(45)52-55(57)59-53(56(60-52)61-50-33-36-18-4-3-17-35(36)32-44(50)40-31-30-34-16-5-6-19-37(34)54(40)61)43-24-15-29-49-51(43)41-22-9-14-28-48(41)58(49)46-26-12-7-20-38(46)39-21-8-13-27-47(39)58/h3-33H,1-2H3. The molecule has 0 amide bonds. The van der Waals surface area contributed by atoms with Crippen LogP contribution in [0.4, 0.5) is 0 Å². The Hall–Kier alpha value is -7.62. The summed E-state index contributed by atoms with van der Waals surface area (Å²) in [5, 5.41) is 7.21. The molecule has 1 spiro atoms. The van der Waals surface area contributed by atoms with Gasteiger partial charge in [-0.25, -0.2) is 9.97 Å². The zero-order valence-corrected chi connectivity index (χ0v) is 33.7. The van der Waals surface area contributed by atoms with Crippen molar-refractivity contribution < 1.29 is 0 Å². The van der Waals surface area contributed by atoms with E-state index in [1.807, 2.05) is 0 Å². The van der Waals surface area contributed by atoms with Gasteiger partial charge in [-0.15, -0.1) is 0 Å². The molecule has 3 aliphatic rings. The van der Waals surface area contributed by atoms with E-state index in [1.165, 1.54) is 82.4 Å². The number of aromatic nitrogens is 3. The monoisotopic (exact) mass is 775 g/mol. The van der Waals surface area contributed by atoms with Crippen LogP contribution in [0, 0.1) is 0 Å². The van der Waals surface area contributed by atoms with Crippen LogP contribution in [0.3, 0.4) is 0 Å². The molecular formula is C58H37N3. The lowest BCUT2D eigenvalue weighted by molar-refractivity contribution is 0.635. The largest absolute Gasteiger partial charge is 0.291 e. The van der Waals surface area contributed by atoms with Crippen LogP contribution in [-0.4, -0.2) is 14.5 Å². The SMILES string of the molecule is CC1(C)c2ccccc2-c2nc(-n3c4cc5ccccc5cc4c4ccc5ccccc5c43)c(-c3cccc4c3-c3ccccc3C43c4ccccc4-c4ccccc43)nc21. The van der Waals surface area contributed by atoms with Gasteiger partial charge in [0.1, 0.15) is 5.69 Å². The van der Waals surface area contributed by atoms with Crippen LogP contribution in [-0.2, 0) is 10.8 Å². The third kappa shape index (κ3) is 4.04. The average molecular weight is 776 g/mol. The molecule has 3 aliphatic carbocycles. The van der Waals surface area contributed by atoms with Crippen LogP contribution < -0.4 is 0 Å². The lowest BCUT2D eigenvalue weighted by atomic mass is 9.70. The molecule has 284 valence electrons. The van der Waals surface area contributed by atoms with E-state index in [2.05, 4.69) is 206 Å². The van der Waals surface area contributed by atoms with Crippen molar-refractivity contribution >= 4 is 43.4 Å². The van der Waals surface area contributed by atoms with Crippen LogP contribution in [0.2, 0.25) is 0 Å². The van der Waals surface area contributed by atoms with Crippen molar-refractivity contribution in [3.8, 4) is 50.6 Å². The Morgan fingerprint density at radius 2 is 0.951 bits per heavy atom. The maximum atomic E-state index is 5.97.